The summed E-state index contributed by atoms with van der Waals surface area (Å²) in [5, 5.41) is 21.0. The van der Waals surface area contributed by atoms with Crippen molar-refractivity contribution in [3.05, 3.63) is 60.4 Å². The Bertz CT molecular complexity index is 1420. The lowest BCUT2D eigenvalue weighted by Crippen LogP contribution is -2.51. The van der Waals surface area contributed by atoms with Gasteiger partial charge in [-0.2, -0.15) is 0 Å². The number of anilines is 1. The van der Waals surface area contributed by atoms with Crippen molar-refractivity contribution in [1.29, 1.82) is 0 Å². The van der Waals surface area contributed by atoms with Gasteiger partial charge in [-0.15, -0.1) is 0 Å². The number of hydrogen-bond acceptors (Lipinski definition) is 7. The summed E-state index contributed by atoms with van der Waals surface area (Å²) in [4.78, 5) is 12.6. The monoisotopic (exact) mass is 481 g/mol. The molecule has 3 aliphatic rings. The molecule has 1 aromatic heterocycles. The molecule has 7 heteroatoms. The largest absolute Gasteiger partial charge is 0.508 e. The van der Waals surface area contributed by atoms with E-state index in [1.165, 1.54) is 12.8 Å². The average Bonchev–Trinajstić information content (AvgIpc) is 3.55. The Hall–Kier alpha value is -3.26. The molecule has 4 aromatic rings. The highest BCUT2D eigenvalue weighted by Gasteiger charge is 2.33. The van der Waals surface area contributed by atoms with Gasteiger partial charge in [0.1, 0.15) is 17.4 Å². The highest BCUT2D eigenvalue weighted by Crippen LogP contribution is 2.36. The van der Waals surface area contributed by atoms with E-state index >= 15 is 0 Å². The van der Waals surface area contributed by atoms with Crippen LogP contribution in [0.2, 0.25) is 0 Å². The summed E-state index contributed by atoms with van der Waals surface area (Å²) in [7, 11) is 0. The number of piperazine rings is 1. The fourth-order valence-corrected chi connectivity index (χ4v) is 6.08. The zero-order chi connectivity index (χ0) is 24.1. The smallest absolute Gasteiger partial charge is 0.145 e. The maximum atomic E-state index is 10.4. The number of benzene rings is 3. The van der Waals surface area contributed by atoms with Crippen LogP contribution in [0.5, 0.6) is 5.75 Å². The van der Waals surface area contributed by atoms with E-state index in [1.54, 1.807) is 0 Å². The van der Waals surface area contributed by atoms with Crippen molar-refractivity contribution in [3.63, 3.8) is 0 Å². The molecule has 0 aliphatic carbocycles. The lowest BCUT2D eigenvalue weighted by Gasteiger charge is -2.34. The normalized spacial score (nSPS) is 23.7. The predicted octanol–water partition coefficient (Wildman–Crippen LogP) is 3.97. The second-order valence-electron chi connectivity index (χ2n) is 10.4. The van der Waals surface area contributed by atoms with Crippen LogP contribution < -0.4 is 15.5 Å². The first-order chi connectivity index (χ1) is 17.7. The maximum absolute atomic E-state index is 10.4. The van der Waals surface area contributed by atoms with Gasteiger partial charge in [0.05, 0.1) is 18.7 Å². The number of aromatic hydroxyl groups is 1. The van der Waals surface area contributed by atoms with Crippen molar-refractivity contribution < 1.29 is 9.84 Å². The van der Waals surface area contributed by atoms with Crippen LogP contribution in [0.15, 0.2) is 54.6 Å². The molecule has 36 heavy (non-hydrogen) atoms. The molecule has 0 spiro atoms. The van der Waals surface area contributed by atoms with E-state index in [0.717, 1.165) is 77.2 Å². The van der Waals surface area contributed by atoms with E-state index in [9.17, 15) is 5.11 Å². The van der Waals surface area contributed by atoms with Crippen molar-refractivity contribution in [2.24, 2.45) is 0 Å². The van der Waals surface area contributed by atoms with Crippen molar-refractivity contribution >= 4 is 27.5 Å². The van der Waals surface area contributed by atoms with E-state index in [1.807, 2.05) is 30.3 Å². The molecule has 0 amide bonds. The van der Waals surface area contributed by atoms with Gasteiger partial charge in [-0.25, -0.2) is 9.97 Å². The topological polar surface area (TPSA) is 82.5 Å². The molecule has 184 valence electrons. The molecule has 2 bridgehead atoms. The minimum absolute atomic E-state index is 0.270. The Morgan fingerprint density at radius 3 is 2.67 bits per heavy atom. The summed E-state index contributed by atoms with van der Waals surface area (Å²) < 4.78 is 5.54. The van der Waals surface area contributed by atoms with Crippen molar-refractivity contribution in [2.75, 3.05) is 31.2 Å². The zero-order valence-electron chi connectivity index (χ0n) is 20.3. The predicted molar refractivity (Wildman–Crippen MR) is 142 cm³/mol. The van der Waals surface area contributed by atoms with Gasteiger partial charge >= 0.3 is 0 Å². The summed E-state index contributed by atoms with van der Waals surface area (Å²) in [5.74, 6) is 2.12. The van der Waals surface area contributed by atoms with Gasteiger partial charge < -0.3 is 25.4 Å². The van der Waals surface area contributed by atoms with Crippen LogP contribution in [-0.2, 0) is 11.3 Å². The minimum atomic E-state index is 0.270. The first kappa shape index (κ1) is 22.0. The highest BCUT2D eigenvalue weighted by atomic mass is 16.5. The highest BCUT2D eigenvalue weighted by molar-refractivity contribution is 6.00. The Balaban J connectivity index is 1.32. The van der Waals surface area contributed by atoms with E-state index in [0.29, 0.717) is 24.7 Å². The third-order valence-corrected chi connectivity index (χ3v) is 7.88. The van der Waals surface area contributed by atoms with Crippen molar-refractivity contribution in [2.45, 2.75) is 43.9 Å². The second kappa shape index (κ2) is 9.00. The van der Waals surface area contributed by atoms with E-state index in [4.69, 9.17) is 14.7 Å². The van der Waals surface area contributed by atoms with Crippen LogP contribution in [0, 0.1) is 0 Å². The van der Waals surface area contributed by atoms with Crippen LogP contribution >= 0.6 is 0 Å². The molecule has 0 saturated carbocycles. The lowest BCUT2D eigenvalue weighted by molar-refractivity contribution is 0.189. The first-order valence-electron chi connectivity index (χ1n) is 13.0. The van der Waals surface area contributed by atoms with Gasteiger partial charge in [0.2, 0.25) is 0 Å². The van der Waals surface area contributed by atoms with Crippen LogP contribution in [0.3, 0.4) is 0 Å². The molecule has 7 nitrogen and oxygen atoms in total. The summed E-state index contributed by atoms with van der Waals surface area (Å²) in [6.45, 7) is 4.13. The number of aromatic nitrogens is 2. The number of phenols is 1. The summed E-state index contributed by atoms with van der Waals surface area (Å²) in [6, 6.07) is 19.7. The third-order valence-electron chi connectivity index (χ3n) is 7.88. The molecule has 3 N–H and O–H groups in total. The standard InChI is InChI=1S/C29H31N5O2/c35-23-11-18-3-1-2-4-24(18)26(13-23)19-5-8-25-27(12-19)32-28(14-30-22-9-10-36-17-22)33-29(25)34-15-20-6-7-21(16-34)31-20/h1-5,8,11-13,20-22,30-31,35H,6-7,9-10,14-17H2/t20-,21+,22-/m0/s1. The minimum Gasteiger partial charge on any atom is -0.508 e. The second-order valence-corrected chi connectivity index (χ2v) is 10.4. The number of hydrogen-bond donors (Lipinski definition) is 3. The molecule has 3 aromatic carbocycles. The van der Waals surface area contributed by atoms with Gasteiger partial charge in [0.25, 0.3) is 0 Å². The van der Waals surface area contributed by atoms with Crippen LogP contribution in [0.25, 0.3) is 32.8 Å². The molecule has 3 saturated heterocycles. The Morgan fingerprint density at radius 2 is 1.83 bits per heavy atom. The molecule has 3 aliphatic heterocycles. The number of fused-ring (bicyclic) bond motifs is 4. The van der Waals surface area contributed by atoms with Crippen molar-refractivity contribution in [1.82, 2.24) is 20.6 Å². The molecular formula is C29H31N5O2. The van der Waals surface area contributed by atoms with E-state index < -0.39 is 0 Å². The maximum Gasteiger partial charge on any atom is 0.145 e. The van der Waals surface area contributed by atoms with Crippen LogP contribution in [-0.4, -0.2) is 59.5 Å². The Labute approximate surface area is 210 Å². The van der Waals surface area contributed by atoms with Gasteiger partial charge in [-0.1, -0.05) is 30.3 Å². The van der Waals surface area contributed by atoms with Gasteiger partial charge in [-0.3, -0.25) is 0 Å². The molecule has 0 unspecified atom stereocenters. The summed E-state index contributed by atoms with van der Waals surface area (Å²) in [5.41, 5.74) is 2.99. The van der Waals surface area contributed by atoms with Gasteiger partial charge in [0.15, 0.2) is 0 Å². The number of rotatable bonds is 5. The molecule has 7 rings (SSSR count). The van der Waals surface area contributed by atoms with E-state index in [2.05, 4.69) is 39.8 Å². The molecular weight excluding hydrogens is 450 g/mol. The molecule has 4 heterocycles. The zero-order valence-corrected chi connectivity index (χ0v) is 20.3. The van der Waals surface area contributed by atoms with Crippen LogP contribution in [0.1, 0.15) is 25.1 Å². The van der Waals surface area contributed by atoms with Gasteiger partial charge in [0, 0.05) is 43.2 Å². The SMILES string of the molecule is Oc1cc(-c2ccc3c(N4C[C@H]5CC[C@@H](C4)N5)nc(CN[C@H]4CCOC4)nc3c2)c2ccccc2c1. The number of nitrogens with zero attached hydrogens (tertiary/aromatic N) is 3. The van der Waals surface area contributed by atoms with Crippen LogP contribution in [0.4, 0.5) is 5.82 Å². The summed E-state index contributed by atoms with van der Waals surface area (Å²) in [6.07, 6.45) is 3.49. The van der Waals surface area contributed by atoms with Gasteiger partial charge in [-0.05, 0) is 65.4 Å². The number of nitrogens with one attached hydrogen (secondary N) is 2. The number of phenolic OH excluding ortho intramolecular Hbond substituents is 1. The van der Waals surface area contributed by atoms with E-state index in [-0.39, 0.29) is 5.75 Å². The fraction of sp³-hybridized carbons (Fsp3) is 0.379. The lowest BCUT2D eigenvalue weighted by atomic mass is 9.97. The third kappa shape index (κ3) is 4.07. The molecule has 3 fully saturated rings. The quantitative estimate of drug-likeness (QED) is 0.398. The van der Waals surface area contributed by atoms with Crippen molar-refractivity contribution in [3.8, 4) is 16.9 Å². The summed E-state index contributed by atoms with van der Waals surface area (Å²) >= 11 is 0. The Kier molecular flexibility index (Phi) is 5.49. The Morgan fingerprint density at radius 1 is 0.972 bits per heavy atom. The number of ether oxygens (including phenoxy) is 1. The first-order valence-corrected chi connectivity index (χ1v) is 13.0. The molecule has 0 radical (unpaired) electrons. The average molecular weight is 482 g/mol. The molecule has 3 atom stereocenters. The fourth-order valence-electron chi connectivity index (χ4n) is 6.08.